The Kier molecular flexibility index (Phi) is 4.05. The van der Waals surface area contributed by atoms with Crippen LogP contribution < -0.4 is 5.32 Å². The minimum absolute atomic E-state index is 0.0530. The minimum Gasteiger partial charge on any atom is -0.359 e. The molecule has 1 unspecified atom stereocenters. The third kappa shape index (κ3) is 2.82. The average molecular weight is 330 g/mol. The van der Waals surface area contributed by atoms with Crippen molar-refractivity contribution in [3.05, 3.63) is 29.4 Å². The zero-order valence-electron chi connectivity index (χ0n) is 13.8. The summed E-state index contributed by atoms with van der Waals surface area (Å²) in [6, 6.07) is 2.18. The minimum atomic E-state index is -0.0771. The second-order valence-electron chi connectivity index (χ2n) is 6.59. The van der Waals surface area contributed by atoms with Crippen molar-refractivity contribution in [2.24, 2.45) is 0 Å². The van der Waals surface area contributed by atoms with Gasteiger partial charge in [-0.15, -0.1) is 5.10 Å². The largest absolute Gasteiger partial charge is 0.359 e. The van der Waals surface area contributed by atoms with Crippen molar-refractivity contribution in [3.8, 4) is 0 Å². The molecule has 4 rings (SSSR count). The van der Waals surface area contributed by atoms with Crippen molar-refractivity contribution in [3.63, 3.8) is 0 Å². The number of carbonyl (C=O) groups excluding carboxylic acids is 1. The highest BCUT2D eigenvalue weighted by Crippen LogP contribution is 2.33. The number of aromatic nitrogens is 4. The molecule has 0 aromatic carbocycles. The van der Waals surface area contributed by atoms with E-state index in [2.05, 4.69) is 20.8 Å². The van der Waals surface area contributed by atoms with Crippen LogP contribution in [0.3, 0.4) is 0 Å². The molecule has 2 aromatic rings. The number of nitrogens with one attached hydrogen (secondary N) is 1. The molecule has 8 nitrogen and oxygen atoms in total. The monoisotopic (exact) mass is 330 g/mol. The van der Waals surface area contributed by atoms with Crippen LogP contribution in [0.15, 0.2) is 16.8 Å². The van der Waals surface area contributed by atoms with E-state index in [1.165, 1.54) is 0 Å². The summed E-state index contributed by atoms with van der Waals surface area (Å²) in [5.41, 5.74) is 1.25. The second-order valence-corrected chi connectivity index (χ2v) is 6.59. The molecular formula is C16H22N6O2. The second kappa shape index (κ2) is 6.35. The van der Waals surface area contributed by atoms with Gasteiger partial charge in [-0.1, -0.05) is 10.4 Å². The van der Waals surface area contributed by atoms with Gasteiger partial charge >= 0.3 is 0 Å². The lowest BCUT2D eigenvalue weighted by Gasteiger charge is -2.22. The van der Waals surface area contributed by atoms with Crippen LogP contribution in [0.4, 0.5) is 0 Å². The molecule has 24 heavy (non-hydrogen) atoms. The van der Waals surface area contributed by atoms with Crippen LogP contribution in [0.25, 0.3) is 0 Å². The smallest absolute Gasteiger partial charge is 0.276 e. The summed E-state index contributed by atoms with van der Waals surface area (Å²) < 4.78 is 7.22. The number of piperidine rings is 1. The lowest BCUT2D eigenvalue weighted by molar-refractivity contribution is 0.0708. The molecule has 8 heteroatoms. The molecular weight excluding hydrogens is 308 g/mol. The average Bonchev–Trinajstić information content (AvgIpc) is 3.35. The Hall–Kier alpha value is -2.22. The Balaban J connectivity index is 1.51. The Bertz CT molecular complexity index is 718. The molecule has 1 amide bonds. The van der Waals surface area contributed by atoms with Gasteiger partial charge in [-0.2, -0.15) is 0 Å². The fraction of sp³-hybridized carbons (Fsp3) is 0.625. The first-order valence-electron chi connectivity index (χ1n) is 8.59. The van der Waals surface area contributed by atoms with E-state index < -0.39 is 0 Å². The van der Waals surface area contributed by atoms with Crippen LogP contribution in [-0.2, 0) is 0 Å². The molecule has 2 saturated heterocycles. The van der Waals surface area contributed by atoms with Gasteiger partial charge in [-0.05, 0) is 45.7 Å². The lowest BCUT2D eigenvalue weighted by atomic mass is 10.1. The number of nitrogens with zero attached hydrogens (tertiary/aromatic N) is 5. The van der Waals surface area contributed by atoms with Gasteiger partial charge in [0.25, 0.3) is 5.91 Å². The van der Waals surface area contributed by atoms with Crippen molar-refractivity contribution in [2.75, 3.05) is 19.6 Å². The van der Waals surface area contributed by atoms with E-state index in [4.69, 9.17) is 4.52 Å². The quantitative estimate of drug-likeness (QED) is 0.917. The number of aryl methyl sites for hydroxylation is 1. The van der Waals surface area contributed by atoms with E-state index in [0.29, 0.717) is 18.3 Å². The predicted octanol–water partition coefficient (Wildman–Crippen LogP) is 1.48. The summed E-state index contributed by atoms with van der Waals surface area (Å²) in [5.74, 6) is 0.677. The first-order chi connectivity index (χ1) is 11.7. The van der Waals surface area contributed by atoms with E-state index in [1.54, 1.807) is 6.20 Å². The molecule has 0 radical (unpaired) electrons. The van der Waals surface area contributed by atoms with Crippen molar-refractivity contribution in [1.29, 1.82) is 0 Å². The number of hydrogen-bond donors (Lipinski definition) is 1. The summed E-state index contributed by atoms with van der Waals surface area (Å²) in [6.45, 7) is 4.56. The maximum Gasteiger partial charge on any atom is 0.276 e. The first kappa shape index (κ1) is 15.3. The summed E-state index contributed by atoms with van der Waals surface area (Å²) in [6.07, 6.45) is 5.67. The molecule has 1 N–H and O–H groups in total. The van der Waals surface area contributed by atoms with Crippen LogP contribution in [-0.4, -0.2) is 50.6 Å². The Morgan fingerprint density at radius 2 is 2.17 bits per heavy atom. The van der Waals surface area contributed by atoms with Crippen LogP contribution in [0.5, 0.6) is 0 Å². The molecule has 2 aliphatic heterocycles. The highest BCUT2D eigenvalue weighted by molar-refractivity contribution is 5.92. The summed E-state index contributed by atoms with van der Waals surface area (Å²) in [4.78, 5) is 14.7. The molecule has 1 atom stereocenters. The number of rotatable bonds is 3. The van der Waals surface area contributed by atoms with Gasteiger partial charge in [0.1, 0.15) is 0 Å². The van der Waals surface area contributed by atoms with Crippen molar-refractivity contribution >= 4 is 5.91 Å². The molecule has 4 heterocycles. The Morgan fingerprint density at radius 3 is 2.92 bits per heavy atom. The third-order valence-electron chi connectivity index (χ3n) is 4.90. The molecule has 0 spiro atoms. The van der Waals surface area contributed by atoms with Crippen LogP contribution in [0, 0.1) is 6.92 Å². The highest BCUT2D eigenvalue weighted by Gasteiger charge is 2.34. The van der Waals surface area contributed by atoms with Crippen molar-refractivity contribution in [1.82, 2.24) is 30.4 Å². The fourth-order valence-electron chi connectivity index (χ4n) is 3.62. The molecule has 0 aliphatic carbocycles. The van der Waals surface area contributed by atoms with E-state index in [1.807, 2.05) is 22.6 Å². The SMILES string of the molecule is Cc1cc(C2CCCN2C(=O)c2cn(C3CCNCC3)nn2)on1. The molecule has 2 aromatic heterocycles. The van der Waals surface area contributed by atoms with Gasteiger partial charge in [0.2, 0.25) is 0 Å². The van der Waals surface area contributed by atoms with E-state index in [-0.39, 0.29) is 11.9 Å². The van der Waals surface area contributed by atoms with Crippen LogP contribution in [0.1, 0.15) is 59.7 Å². The molecule has 0 saturated carbocycles. The van der Waals surface area contributed by atoms with Gasteiger partial charge < -0.3 is 14.7 Å². The standard InChI is InChI=1S/C16H22N6O2/c1-11-9-15(24-19-11)14-3-2-8-21(14)16(23)13-10-22(20-18-13)12-4-6-17-7-5-12/h9-10,12,14,17H,2-8H2,1H3. The Morgan fingerprint density at radius 1 is 1.33 bits per heavy atom. The lowest BCUT2D eigenvalue weighted by Crippen LogP contribution is -2.31. The van der Waals surface area contributed by atoms with E-state index in [9.17, 15) is 4.79 Å². The van der Waals surface area contributed by atoms with Gasteiger partial charge in [-0.3, -0.25) is 4.79 Å². The first-order valence-corrected chi connectivity index (χ1v) is 8.59. The summed E-state index contributed by atoms with van der Waals surface area (Å²) in [7, 11) is 0. The predicted molar refractivity (Wildman–Crippen MR) is 85.4 cm³/mol. The summed E-state index contributed by atoms with van der Waals surface area (Å²) >= 11 is 0. The van der Waals surface area contributed by atoms with Crippen molar-refractivity contribution < 1.29 is 9.32 Å². The maximum absolute atomic E-state index is 12.9. The number of hydrogen-bond acceptors (Lipinski definition) is 6. The molecule has 0 bridgehead atoms. The summed E-state index contributed by atoms with van der Waals surface area (Å²) in [5, 5.41) is 15.6. The highest BCUT2D eigenvalue weighted by atomic mass is 16.5. The number of amides is 1. The zero-order valence-corrected chi connectivity index (χ0v) is 13.8. The topological polar surface area (TPSA) is 89.1 Å². The molecule has 2 fully saturated rings. The fourth-order valence-corrected chi connectivity index (χ4v) is 3.62. The van der Waals surface area contributed by atoms with Gasteiger partial charge in [0.05, 0.1) is 24.0 Å². The van der Waals surface area contributed by atoms with E-state index in [0.717, 1.165) is 50.2 Å². The zero-order chi connectivity index (χ0) is 16.5. The van der Waals surface area contributed by atoms with Gasteiger partial charge in [-0.25, -0.2) is 4.68 Å². The van der Waals surface area contributed by atoms with E-state index >= 15 is 0 Å². The molecule has 128 valence electrons. The van der Waals surface area contributed by atoms with Gasteiger partial charge in [0, 0.05) is 12.6 Å². The normalized spacial score (nSPS) is 22.2. The Labute approximate surface area is 140 Å². The van der Waals surface area contributed by atoms with Crippen LogP contribution in [0.2, 0.25) is 0 Å². The van der Waals surface area contributed by atoms with Crippen molar-refractivity contribution in [2.45, 2.75) is 44.7 Å². The molecule has 2 aliphatic rings. The third-order valence-corrected chi connectivity index (χ3v) is 4.90. The maximum atomic E-state index is 12.9. The number of carbonyl (C=O) groups is 1. The van der Waals surface area contributed by atoms with Gasteiger partial charge in [0.15, 0.2) is 11.5 Å². The van der Waals surface area contributed by atoms with Crippen LogP contribution >= 0.6 is 0 Å². The number of likely N-dealkylation sites (tertiary alicyclic amines) is 1.